The van der Waals surface area contributed by atoms with Crippen molar-refractivity contribution in [3.05, 3.63) is 18.2 Å². The minimum Gasteiger partial charge on any atom is -0.480 e. The van der Waals surface area contributed by atoms with Crippen molar-refractivity contribution in [1.82, 2.24) is 20.6 Å². The standard InChI is InChI=1S/C15H26N6O4S/c16-4-2-1-3-11(15(24)25)20-14(23)12(5-9-6-18-8-19-9)21-13(22)10(17)7-26/h6,8,10-12,26H,1-5,7,16-17H2,(H,18,19)(H,20,23)(H,21,22)(H,24,25). The van der Waals surface area contributed by atoms with Gasteiger partial charge in [0, 0.05) is 24.1 Å². The summed E-state index contributed by atoms with van der Waals surface area (Å²) >= 11 is 3.96. The largest absolute Gasteiger partial charge is 0.480 e. The Hall–Kier alpha value is -2.11. The molecule has 1 rings (SSSR count). The molecular formula is C15H26N6O4S. The molecule has 0 aliphatic rings. The molecule has 3 unspecified atom stereocenters. The van der Waals surface area contributed by atoms with Crippen molar-refractivity contribution in [2.75, 3.05) is 12.3 Å². The molecule has 0 saturated heterocycles. The molecule has 10 nitrogen and oxygen atoms in total. The van der Waals surface area contributed by atoms with Gasteiger partial charge in [-0.15, -0.1) is 0 Å². The molecule has 0 radical (unpaired) electrons. The van der Waals surface area contributed by atoms with E-state index >= 15 is 0 Å². The monoisotopic (exact) mass is 386 g/mol. The third kappa shape index (κ3) is 7.42. The summed E-state index contributed by atoms with van der Waals surface area (Å²) in [4.78, 5) is 42.6. The van der Waals surface area contributed by atoms with E-state index in [4.69, 9.17) is 11.5 Å². The molecule has 1 heterocycles. The van der Waals surface area contributed by atoms with E-state index in [-0.39, 0.29) is 18.6 Å². The third-order valence-corrected chi connectivity index (χ3v) is 4.10. The van der Waals surface area contributed by atoms with Crippen LogP contribution in [0.1, 0.15) is 25.0 Å². The van der Waals surface area contributed by atoms with Crippen LogP contribution in [0.25, 0.3) is 0 Å². The molecule has 3 atom stereocenters. The van der Waals surface area contributed by atoms with Crippen molar-refractivity contribution in [2.45, 2.75) is 43.8 Å². The van der Waals surface area contributed by atoms with Gasteiger partial charge in [-0.05, 0) is 25.8 Å². The zero-order valence-electron chi connectivity index (χ0n) is 14.4. The van der Waals surface area contributed by atoms with Crippen LogP contribution < -0.4 is 22.1 Å². The Balaban J connectivity index is 2.80. The van der Waals surface area contributed by atoms with Gasteiger partial charge in [-0.3, -0.25) is 9.59 Å². The van der Waals surface area contributed by atoms with Crippen LogP contribution in [0.2, 0.25) is 0 Å². The first-order chi connectivity index (χ1) is 12.4. The molecule has 0 bridgehead atoms. The first-order valence-electron chi connectivity index (χ1n) is 8.26. The quantitative estimate of drug-likeness (QED) is 0.167. The van der Waals surface area contributed by atoms with Gasteiger partial charge in [0.2, 0.25) is 11.8 Å². The number of imidazole rings is 1. The first kappa shape index (κ1) is 21.9. The summed E-state index contributed by atoms with van der Waals surface area (Å²) in [6, 6.07) is -2.94. The average Bonchev–Trinajstić information content (AvgIpc) is 3.12. The van der Waals surface area contributed by atoms with Gasteiger partial charge in [-0.25, -0.2) is 9.78 Å². The summed E-state index contributed by atoms with van der Waals surface area (Å²) in [5.74, 6) is -2.19. The number of thiol groups is 1. The summed E-state index contributed by atoms with van der Waals surface area (Å²) in [6.45, 7) is 0.445. The highest BCUT2D eigenvalue weighted by Crippen LogP contribution is 2.04. The number of H-pyrrole nitrogens is 1. The minimum atomic E-state index is -1.14. The molecule has 26 heavy (non-hydrogen) atoms. The molecule has 11 heteroatoms. The molecule has 0 saturated carbocycles. The molecule has 0 fully saturated rings. The summed E-state index contributed by atoms with van der Waals surface area (Å²) in [5, 5.41) is 14.3. The van der Waals surface area contributed by atoms with Crippen molar-refractivity contribution >= 4 is 30.4 Å². The minimum absolute atomic E-state index is 0.112. The Morgan fingerprint density at radius 3 is 2.46 bits per heavy atom. The fraction of sp³-hybridized carbons (Fsp3) is 0.600. The van der Waals surface area contributed by atoms with Crippen LogP contribution in [0.4, 0.5) is 0 Å². The molecular weight excluding hydrogens is 360 g/mol. The Morgan fingerprint density at radius 1 is 1.23 bits per heavy atom. The zero-order chi connectivity index (χ0) is 19.5. The Morgan fingerprint density at radius 2 is 1.92 bits per heavy atom. The fourth-order valence-electron chi connectivity index (χ4n) is 2.21. The third-order valence-electron chi connectivity index (χ3n) is 3.71. The number of aliphatic carboxylic acids is 1. The van der Waals surface area contributed by atoms with E-state index in [0.717, 1.165) is 0 Å². The first-order valence-corrected chi connectivity index (χ1v) is 8.89. The molecule has 1 aromatic rings. The lowest BCUT2D eigenvalue weighted by Gasteiger charge is -2.22. The summed E-state index contributed by atoms with van der Waals surface area (Å²) in [7, 11) is 0. The molecule has 0 spiro atoms. The smallest absolute Gasteiger partial charge is 0.326 e. The number of carbonyl (C=O) groups is 3. The fourth-order valence-corrected chi connectivity index (χ4v) is 2.38. The number of nitrogens with two attached hydrogens (primary N) is 2. The van der Waals surface area contributed by atoms with Gasteiger partial charge in [0.1, 0.15) is 12.1 Å². The van der Waals surface area contributed by atoms with E-state index in [1.54, 1.807) is 0 Å². The number of carboxylic acid groups (broad SMARTS) is 1. The maximum absolute atomic E-state index is 12.6. The van der Waals surface area contributed by atoms with E-state index in [2.05, 4.69) is 33.2 Å². The zero-order valence-corrected chi connectivity index (χ0v) is 15.2. The van der Waals surface area contributed by atoms with E-state index in [0.29, 0.717) is 25.1 Å². The van der Waals surface area contributed by atoms with Crippen molar-refractivity contribution < 1.29 is 19.5 Å². The summed E-state index contributed by atoms with van der Waals surface area (Å²) in [6.07, 6.45) is 4.55. The van der Waals surface area contributed by atoms with Gasteiger partial charge in [-0.2, -0.15) is 12.6 Å². The highest BCUT2D eigenvalue weighted by atomic mass is 32.1. The Kier molecular flexibility index (Phi) is 9.70. The normalized spacial score (nSPS) is 14.3. The topological polar surface area (TPSA) is 176 Å². The van der Waals surface area contributed by atoms with Crippen molar-refractivity contribution in [2.24, 2.45) is 11.5 Å². The summed E-state index contributed by atoms with van der Waals surface area (Å²) < 4.78 is 0. The predicted octanol–water partition coefficient (Wildman–Crippen LogP) is -1.61. The van der Waals surface area contributed by atoms with Gasteiger partial charge in [0.05, 0.1) is 12.4 Å². The number of hydrogen-bond donors (Lipinski definition) is 7. The van der Waals surface area contributed by atoms with Crippen LogP contribution in [0.3, 0.4) is 0 Å². The van der Waals surface area contributed by atoms with Crippen molar-refractivity contribution in [1.29, 1.82) is 0 Å². The van der Waals surface area contributed by atoms with Gasteiger partial charge in [0.25, 0.3) is 0 Å². The van der Waals surface area contributed by atoms with Crippen molar-refractivity contribution in [3.8, 4) is 0 Å². The van der Waals surface area contributed by atoms with E-state index in [1.807, 2.05) is 0 Å². The molecule has 0 aliphatic heterocycles. The van der Waals surface area contributed by atoms with Crippen molar-refractivity contribution in [3.63, 3.8) is 0 Å². The van der Waals surface area contributed by atoms with E-state index < -0.39 is 35.9 Å². The number of nitrogens with one attached hydrogen (secondary N) is 3. The van der Waals surface area contributed by atoms with Gasteiger partial charge in [0.15, 0.2) is 0 Å². The second-order valence-corrected chi connectivity index (χ2v) is 6.18. The number of unbranched alkanes of at least 4 members (excludes halogenated alkanes) is 1. The molecule has 8 N–H and O–H groups in total. The number of carboxylic acids is 1. The highest BCUT2D eigenvalue weighted by Gasteiger charge is 2.28. The lowest BCUT2D eigenvalue weighted by Crippen LogP contribution is -2.55. The maximum atomic E-state index is 12.6. The number of carbonyl (C=O) groups excluding carboxylic acids is 2. The average molecular weight is 386 g/mol. The van der Waals surface area contributed by atoms with Gasteiger partial charge < -0.3 is 32.2 Å². The molecule has 146 valence electrons. The van der Waals surface area contributed by atoms with Gasteiger partial charge >= 0.3 is 5.97 Å². The van der Waals surface area contributed by atoms with Crippen LogP contribution >= 0.6 is 12.6 Å². The van der Waals surface area contributed by atoms with Gasteiger partial charge in [-0.1, -0.05) is 0 Å². The molecule has 2 amide bonds. The Bertz CT molecular complexity index is 583. The second kappa shape index (κ2) is 11.5. The van der Waals surface area contributed by atoms with Crippen LogP contribution in [-0.4, -0.2) is 63.3 Å². The van der Waals surface area contributed by atoms with Crippen LogP contribution in [0.5, 0.6) is 0 Å². The molecule has 0 aliphatic carbocycles. The molecule has 0 aromatic carbocycles. The summed E-state index contributed by atoms with van der Waals surface area (Å²) in [5.41, 5.74) is 11.6. The number of aromatic nitrogens is 2. The van der Waals surface area contributed by atoms with Crippen LogP contribution in [0.15, 0.2) is 12.5 Å². The Labute approximate surface area is 156 Å². The highest BCUT2D eigenvalue weighted by molar-refractivity contribution is 7.80. The predicted molar refractivity (Wildman–Crippen MR) is 98.5 cm³/mol. The van der Waals surface area contributed by atoms with E-state index in [1.165, 1.54) is 12.5 Å². The van der Waals surface area contributed by atoms with Crippen LogP contribution in [-0.2, 0) is 20.8 Å². The number of aromatic amines is 1. The van der Waals surface area contributed by atoms with Crippen LogP contribution in [0, 0.1) is 0 Å². The lowest BCUT2D eigenvalue weighted by molar-refractivity contribution is -0.142. The molecule has 1 aromatic heterocycles. The second-order valence-electron chi connectivity index (χ2n) is 5.82. The number of amides is 2. The number of rotatable bonds is 12. The lowest BCUT2D eigenvalue weighted by atomic mass is 10.1. The maximum Gasteiger partial charge on any atom is 0.326 e. The number of hydrogen-bond acceptors (Lipinski definition) is 7. The number of nitrogens with zero attached hydrogens (tertiary/aromatic N) is 1. The SMILES string of the molecule is NCCCCC(NC(=O)C(Cc1cnc[nH]1)NC(=O)C(N)CS)C(=O)O. The van der Waals surface area contributed by atoms with E-state index in [9.17, 15) is 19.5 Å².